The molecule has 0 aromatic heterocycles. The van der Waals surface area contributed by atoms with Crippen molar-refractivity contribution >= 4 is 33.2 Å². The Morgan fingerprint density at radius 1 is 0.909 bits per heavy atom. The van der Waals surface area contributed by atoms with Crippen molar-refractivity contribution in [2.75, 3.05) is 20.3 Å². The largest absolute Gasteiger partial charge is 0.490 e. The van der Waals surface area contributed by atoms with Crippen LogP contribution in [0.15, 0.2) is 83.4 Å². The predicted molar refractivity (Wildman–Crippen MR) is 127 cm³/mol. The van der Waals surface area contributed by atoms with E-state index in [0.717, 1.165) is 9.87 Å². The number of aryl methyl sites for hydroxylation is 1. The van der Waals surface area contributed by atoms with Crippen LogP contribution < -0.4 is 4.74 Å². The molecule has 0 atom stereocenters. The summed E-state index contributed by atoms with van der Waals surface area (Å²) in [7, 11) is -2.55. The van der Waals surface area contributed by atoms with Gasteiger partial charge in [-0.3, -0.25) is 9.10 Å². The number of fused-ring (bicyclic) bond motifs is 1. The Kier molecular flexibility index (Phi) is 6.44. The minimum atomic E-state index is -3.91. The van der Waals surface area contributed by atoms with E-state index in [1.807, 2.05) is 6.92 Å². The van der Waals surface area contributed by atoms with E-state index in [0.29, 0.717) is 21.9 Å². The van der Waals surface area contributed by atoms with E-state index in [9.17, 15) is 13.2 Å². The molecule has 4 rings (SSSR count). The second kappa shape index (κ2) is 9.29. The lowest BCUT2D eigenvalue weighted by Crippen LogP contribution is -2.35. The monoisotopic (exact) mass is 483 g/mol. The molecular formula is C25H22ClNO5S. The van der Waals surface area contributed by atoms with Crippen molar-refractivity contribution in [3.05, 3.63) is 100 Å². The van der Waals surface area contributed by atoms with Crippen LogP contribution in [0.3, 0.4) is 0 Å². The van der Waals surface area contributed by atoms with Gasteiger partial charge in [0.1, 0.15) is 24.7 Å². The first-order chi connectivity index (χ1) is 15.8. The molecule has 0 N–H and O–H groups in total. The van der Waals surface area contributed by atoms with Gasteiger partial charge in [-0.05, 0) is 43.3 Å². The van der Waals surface area contributed by atoms with Crippen molar-refractivity contribution in [2.24, 2.45) is 0 Å². The lowest BCUT2D eigenvalue weighted by molar-refractivity contribution is 0.100. The van der Waals surface area contributed by atoms with Gasteiger partial charge in [0.25, 0.3) is 10.0 Å². The molecule has 0 radical (unpaired) electrons. The van der Waals surface area contributed by atoms with E-state index in [4.69, 9.17) is 21.1 Å². The maximum Gasteiger partial charge on any atom is 0.265 e. The van der Waals surface area contributed by atoms with Gasteiger partial charge in [0, 0.05) is 23.2 Å². The zero-order valence-corrected chi connectivity index (χ0v) is 19.7. The molecular weight excluding hydrogens is 462 g/mol. The molecule has 0 unspecified atom stereocenters. The summed E-state index contributed by atoms with van der Waals surface area (Å²) in [5.41, 5.74) is 1.67. The minimum Gasteiger partial charge on any atom is -0.490 e. The molecule has 1 heterocycles. The SMILES string of the molecule is Cc1ccc(C(=O)C2=C(OCCOc3ccc(Cl)cc3)c3ccccc3S(=O)(=O)N2C)cc1. The van der Waals surface area contributed by atoms with Crippen LogP contribution in [0.1, 0.15) is 21.5 Å². The fraction of sp³-hybridized carbons (Fsp3) is 0.160. The quantitative estimate of drug-likeness (QED) is 0.352. The Morgan fingerprint density at radius 3 is 2.24 bits per heavy atom. The van der Waals surface area contributed by atoms with Crippen LogP contribution in [0.25, 0.3) is 5.76 Å². The van der Waals surface area contributed by atoms with Crippen LogP contribution in [0.5, 0.6) is 5.75 Å². The van der Waals surface area contributed by atoms with E-state index in [-0.39, 0.29) is 29.6 Å². The van der Waals surface area contributed by atoms with E-state index in [2.05, 4.69) is 0 Å². The number of likely N-dealkylation sites (N-methyl/N-ethyl adjacent to an activating group) is 1. The number of nitrogens with zero attached hydrogens (tertiary/aromatic N) is 1. The average molecular weight is 484 g/mol. The van der Waals surface area contributed by atoms with Gasteiger partial charge >= 0.3 is 0 Å². The van der Waals surface area contributed by atoms with Crippen molar-refractivity contribution in [2.45, 2.75) is 11.8 Å². The summed E-state index contributed by atoms with van der Waals surface area (Å²) in [6.07, 6.45) is 0. The minimum absolute atomic E-state index is 0.0379. The number of ether oxygens (including phenoxy) is 2. The number of Topliss-reactive ketones (excluding diaryl/α,β-unsaturated/α-hetero) is 1. The second-order valence-electron chi connectivity index (χ2n) is 7.49. The highest BCUT2D eigenvalue weighted by Crippen LogP contribution is 2.37. The Bertz CT molecular complexity index is 1320. The highest BCUT2D eigenvalue weighted by Gasteiger charge is 2.38. The predicted octanol–water partition coefficient (Wildman–Crippen LogP) is 4.93. The number of sulfonamides is 1. The van der Waals surface area contributed by atoms with Gasteiger partial charge in [0.15, 0.2) is 5.76 Å². The molecule has 0 aliphatic carbocycles. The third-order valence-electron chi connectivity index (χ3n) is 5.24. The number of ketones is 1. The van der Waals surface area contributed by atoms with Gasteiger partial charge in [-0.25, -0.2) is 8.42 Å². The van der Waals surface area contributed by atoms with Gasteiger partial charge in [0.2, 0.25) is 5.78 Å². The Balaban J connectivity index is 1.68. The Labute approximate surface area is 198 Å². The zero-order chi connectivity index (χ0) is 23.6. The summed E-state index contributed by atoms with van der Waals surface area (Å²) in [4.78, 5) is 13.5. The number of carbonyl (C=O) groups excluding carboxylic acids is 1. The molecule has 0 saturated carbocycles. The van der Waals surface area contributed by atoms with E-state index < -0.39 is 15.8 Å². The van der Waals surface area contributed by atoms with Crippen LogP contribution in [0, 0.1) is 6.92 Å². The lowest BCUT2D eigenvalue weighted by atomic mass is 10.0. The lowest BCUT2D eigenvalue weighted by Gasteiger charge is -2.30. The molecule has 0 amide bonds. The van der Waals surface area contributed by atoms with Gasteiger partial charge in [-0.1, -0.05) is 53.6 Å². The third-order valence-corrected chi connectivity index (χ3v) is 7.31. The number of rotatable bonds is 7. The molecule has 6 nitrogen and oxygen atoms in total. The van der Waals surface area contributed by atoms with E-state index in [1.54, 1.807) is 66.7 Å². The summed E-state index contributed by atoms with van der Waals surface area (Å²) in [5, 5.41) is 0.603. The maximum absolute atomic E-state index is 13.4. The fourth-order valence-electron chi connectivity index (χ4n) is 3.49. The number of hydrogen-bond donors (Lipinski definition) is 0. The van der Waals surface area contributed by atoms with Crippen LogP contribution in [0.2, 0.25) is 5.02 Å². The molecule has 3 aromatic rings. The van der Waals surface area contributed by atoms with Gasteiger partial charge in [-0.15, -0.1) is 0 Å². The summed E-state index contributed by atoms with van der Waals surface area (Å²) in [6, 6.07) is 20.4. The Hall–Kier alpha value is -3.29. The molecule has 0 spiro atoms. The molecule has 0 saturated heterocycles. The number of hydrogen-bond acceptors (Lipinski definition) is 5. The number of allylic oxidation sites excluding steroid dienone is 1. The van der Waals surface area contributed by atoms with Gasteiger partial charge < -0.3 is 9.47 Å². The molecule has 170 valence electrons. The summed E-state index contributed by atoms with van der Waals surface area (Å²) >= 11 is 5.89. The molecule has 33 heavy (non-hydrogen) atoms. The smallest absolute Gasteiger partial charge is 0.265 e. The van der Waals surface area contributed by atoms with Crippen LogP contribution in [-0.4, -0.2) is 38.8 Å². The summed E-state index contributed by atoms with van der Waals surface area (Å²) < 4.78 is 39.0. The van der Waals surface area contributed by atoms with Crippen LogP contribution in [0.4, 0.5) is 0 Å². The number of halogens is 1. The molecule has 0 bridgehead atoms. The standard InChI is InChI=1S/C25H22ClNO5S/c1-17-7-9-18(10-8-17)24(28)23-25(32-16-15-31-20-13-11-19(26)12-14-20)21-5-3-4-6-22(21)33(29,30)27(23)2/h3-14H,15-16H2,1-2H3. The Morgan fingerprint density at radius 2 is 1.55 bits per heavy atom. The topological polar surface area (TPSA) is 72.9 Å². The highest BCUT2D eigenvalue weighted by atomic mass is 35.5. The molecule has 3 aromatic carbocycles. The fourth-order valence-corrected chi connectivity index (χ4v) is 5.00. The van der Waals surface area contributed by atoms with Crippen molar-refractivity contribution in [3.63, 3.8) is 0 Å². The second-order valence-corrected chi connectivity index (χ2v) is 9.87. The first kappa shape index (κ1) is 22.9. The molecule has 1 aliphatic heterocycles. The highest BCUT2D eigenvalue weighted by molar-refractivity contribution is 7.89. The maximum atomic E-state index is 13.4. The van der Waals surface area contributed by atoms with Gasteiger partial charge in [0.05, 0.1) is 4.90 Å². The van der Waals surface area contributed by atoms with Gasteiger partial charge in [-0.2, -0.15) is 0 Å². The zero-order valence-electron chi connectivity index (χ0n) is 18.1. The molecule has 0 fully saturated rings. The normalized spacial score (nSPS) is 14.6. The van der Waals surface area contributed by atoms with Crippen LogP contribution >= 0.6 is 11.6 Å². The third kappa shape index (κ3) is 4.60. The van der Waals surface area contributed by atoms with E-state index in [1.165, 1.54) is 13.1 Å². The van der Waals surface area contributed by atoms with Crippen molar-refractivity contribution in [3.8, 4) is 5.75 Å². The molecule has 8 heteroatoms. The average Bonchev–Trinajstić information content (AvgIpc) is 2.81. The summed E-state index contributed by atoms with van der Waals surface area (Å²) in [5.74, 6) is 0.383. The van der Waals surface area contributed by atoms with Crippen molar-refractivity contribution in [1.82, 2.24) is 4.31 Å². The van der Waals surface area contributed by atoms with Crippen molar-refractivity contribution in [1.29, 1.82) is 0 Å². The number of carbonyl (C=O) groups is 1. The molecule has 1 aliphatic rings. The number of benzene rings is 3. The first-order valence-corrected chi connectivity index (χ1v) is 12.1. The summed E-state index contributed by atoms with van der Waals surface area (Å²) in [6.45, 7) is 2.21. The van der Waals surface area contributed by atoms with Crippen molar-refractivity contribution < 1.29 is 22.7 Å². The van der Waals surface area contributed by atoms with E-state index >= 15 is 0 Å². The first-order valence-electron chi connectivity index (χ1n) is 10.2. The van der Waals surface area contributed by atoms with Crippen LogP contribution in [-0.2, 0) is 14.8 Å².